The highest BCUT2D eigenvalue weighted by molar-refractivity contribution is 6.32. The van der Waals surface area contributed by atoms with E-state index >= 15 is 0 Å². The first-order valence-electron chi connectivity index (χ1n) is 23.7. The molecule has 0 amide bonds. The maximum Gasteiger partial charge on any atom is 0.169 e. The van der Waals surface area contributed by atoms with Crippen LogP contribution in [0.3, 0.4) is 0 Å². The average Bonchev–Trinajstić information content (AvgIpc) is 3.91. The molecule has 314 valence electrons. The predicted octanol–water partition coefficient (Wildman–Crippen LogP) is 15.3. The minimum atomic E-state index is -0.303. The number of benzene rings is 5. The fraction of sp³-hybridized carbons (Fsp3) is 0.448. The van der Waals surface area contributed by atoms with Gasteiger partial charge in [-0.15, -0.1) is 0 Å². The van der Waals surface area contributed by atoms with Crippen molar-refractivity contribution in [3.05, 3.63) is 93.0 Å². The summed E-state index contributed by atoms with van der Waals surface area (Å²) in [5, 5.41) is 10.3. The van der Waals surface area contributed by atoms with E-state index in [1.54, 1.807) is 0 Å². The van der Waals surface area contributed by atoms with E-state index in [0.717, 1.165) is 73.5 Å². The highest BCUT2D eigenvalue weighted by Gasteiger charge is 2.50. The van der Waals surface area contributed by atoms with Gasteiger partial charge in [0.2, 0.25) is 0 Å². The third kappa shape index (κ3) is 4.23. The molecule has 6 aliphatic carbocycles. The number of carbonyl (C=O) groups is 2. The molecule has 0 atom stereocenters. The number of hydrogen-bond acceptors (Lipinski definition) is 2. The molecule has 4 bridgehead atoms. The van der Waals surface area contributed by atoms with Gasteiger partial charge in [0.05, 0.1) is 33.1 Å². The molecule has 62 heavy (non-hydrogen) atoms. The molecular formula is C58H60N2O2. The molecule has 9 aromatic rings. The van der Waals surface area contributed by atoms with Crippen molar-refractivity contribution < 1.29 is 9.59 Å². The number of Topliss-reactive ketones (excluding diaryl/α,β-unsaturated/α-hetero) is 2. The summed E-state index contributed by atoms with van der Waals surface area (Å²) >= 11 is 0. The zero-order chi connectivity index (χ0) is 43.3. The lowest BCUT2D eigenvalue weighted by Gasteiger charge is -2.38. The normalized spacial score (nSPS) is 26.8. The number of ketones is 2. The summed E-state index contributed by atoms with van der Waals surface area (Å²) in [6.45, 7) is 28.0. The molecule has 4 heterocycles. The molecule has 0 spiro atoms. The first-order chi connectivity index (χ1) is 29.1. The second kappa shape index (κ2) is 10.9. The van der Waals surface area contributed by atoms with Gasteiger partial charge >= 0.3 is 0 Å². The van der Waals surface area contributed by atoms with E-state index in [1.165, 1.54) is 98.5 Å². The molecule has 0 radical (unpaired) electrons. The molecule has 4 aromatic heterocycles. The Morgan fingerprint density at radius 2 is 0.742 bits per heavy atom. The van der Waals surface area contributed by atoms with Gasteiger partial charge in [0.1, 0.15) is 0 Å². The van der Waals surface area contributed by atoms with Crippen molar-refractivity contribution in [2.45, 2.75) is 156 Å². The Labute approximate surface area is 364 Å². The molecule has 0 N–H and O–H groups in total. The molecule has 0 saturated heterocycles. The zero-order valence-electron chi connectivity index (χ0n) is 39.0. The summed E-state index contributed by atoms with van der Waals surface area (Å²) in [6, 6.07) is 19.5. The van der Waals surface area contributed by atoms with Gasteiger partial charge < -0.3 is 8.80 Å². The van der Waals surface area contributed by atoms with Gasteiger partial charge in [-0.05, 0) is 169 Å². The third-order valence-corrected chi connectivity index (χ3v) is 18.5. The first kappa shape index (κ1) is 37.6. The maximum absolute atomic E-state index is 14.7. The van der Waals surface area contributed by atoms with E-state index in [4.69, 9.17) is 0 Å². The van der Waals surface area contributed by atoms with Crippen molar-refractivity contribution in [2.24, 2.45) is 10.8 Å². The Morgan fingerprint density at radius 3 is 1.08 bits per heavy atom. The van der Waals surface area contributed by atoms with Gasteiger partial charge in [-0.25, -0.2) is 0 Å². The van der Waals surface area contributed by atoms with Crippen molar-refractivity contribution in [1.29, 1.82) is 0 Å². The lowest BCUT2D eigenvalue weighted by Crippen LogP contribution is -2.33. The van der Waals surface area contributed by atoms with Crippen LogP contribution in [0.2, 0.25) is 0 Å². The van der Waals surface area contributed by atoms with Crippen LogP contribution in [0.5, 0.6) is 0 Å². The zero-order valence-corrected chi connectivity index (χ0v) is 39.0. The van der Waals surface area contributed by atoms with Gasteiger partial charge in [-0.2, -0.15) is 0 Å². The monoisotopic (exact) mass is 816 g/mol. The lowest BCUT2D eigenvalue weighted by molar-refractivity contribution is 0.0726. The first-order valence-corrected chi connectivity index (χ1v) is 23.7. The van der Waals surface area contributed by atoms with Gasteiger partial charge in [-0.3, -0.25) is 9.59 Å². The van der Waals surface area contributed by atoms with Gasteiger partial charge in [-0.1, -0.05) is 69.2 Å². The van der Waals surface area contributed by atoms with Crippen LogP contribution in [0.1, 0.15) is 175 Å². The van der Waals surface area contributed by atoms with Crippen molar-refractivity contribution in [3.63, 3.8) is 0 Å². The number of aromatic nitrogens is 2. The van der Waals surface area contributed by atoms with E-state index in [-0.39, 0.29) is 32.5 Å². The highest BCUT2D eigenvalue weighted by atomic mass is 16.1. The summed E-state index contributed by atoms with van der Waals surface area (Å²) in [5.41, 5.74) is 16.3. The molecule has 0 unspecified atom stereocenters. The average molecular weight is 817 g/mol. The Bertz CT molecular complexity index is 3350. The predicted molar refractivity (Wildman–Crippen MR) is 259 cm³/mol. The molecule has 0 aliphatic heterocycles. The van der Waals surface area contributed by atoms with E-state index in [1.807, 2.05) is 0 Å². The van der Waals surface area contributed by atoms with Crippen LogP contribution in [0.4, 0.5) is 0 Å². The number of carbonyl (C=O) groups excluding carboxylic acids is 2. The van der Waals surface area contributed by atoms with Crippen LogP contribution in [0.25, 0.3) is 76.2 Å². The lowest BCUT2D eigenvalue weighted by atomic mass is 9.65. The largest absolute Gasteiger partial charge is 0.308 e. The number of nitrogens with zero attached hydrogens (tertiary/aromatic N) is 2. The molecule has 4 nitrogen and oxygen atoms in total. The minimum Gasteiger partial charge on any atom is -0.308 e. The second-order valence-corrected chi connectivity index (χ2v) is 24.4. The summed E-state index contributed by atoms with van der Waals surface area (Å²) in [4.78, 5) is 29.5. The number of aryl methyl sites for hydroxylation is 2. The maximum atomic E-state index is 14.7. The van der Waals surface area contributed by atoms with E-state index in [9.17, 15) is 9.59 Å². The fourth-order valence-corrected chi connectivity index (χ4v) is 14.0. The van der Waals surface area contributed by atoms with E-state index in [0.29, 0.717) is 11.6 Å². The number of fused-ring (bicyclic) bond motifs is 16. The van der Waals surface area contributed by atoms with Crippen molar-refractivity contribution in [1.82, 2.24) is 8.80 Å². The SMILES string of the molecule is Cc1c2c3cc(C(C)(C)C)cc4c5cc6c(cc5n(c2c(C)c2c5cc(C(C)(C)C)cc7c8cc9c(cc8n(c12)c75)C(=O)C1(C)CCC9(C)CC1)c43)C(=O)C1(C)CCC6(C)CC1. The van der Waals surface area contributed by atoms with Crippen LogP contribution < -0.4 is 0 Å². The second-order valence-electron chi connectivity index (χ2n) is 24.4. The Hall–Kier alpha value is -4.96. The molecular weight excluding hydrogens is 757 g/mol. The third-order valence-electron chi connectivity index (χ3n) is 18.5. The molecule has 6 aliphatic rings. The molecule has 2 fully saturated rings. The van der Waals surface area contributed by atoms with E-state index < -0.39 is 0 Å². The summed E-state index contributed by atoms with van der Waals surface area (Å²) in [6.07, 6.45) is 8.08. The van der Waals surface area contributed by atoms with Crippen LogP contribution in [0.15, 0.2) is 48.5 Å². The molecule has 2 saturated carbocycles. The quantitative estimate of drug-likeness (QED) is 0.153. The van der Waals surface area contributed by atoms with Gasteiger partial charge in [0.25, 0.3) is 0 Å². The minimum absolute atomic E-state index is 0.00110. The Balaban J connectivity index is 1.25. The van der Waals surface area contributed by atoms with Crippen LogP contribution in [0, 0.1) is 24.7 Å². The van der Waals surface area contributed by atoms with E-state index in [2.05, 4.69) is 140 Å². The standard InChI is InChI=1S/C58H60N2O2/c1-29-45-39-23-31(53(3,4)5)21-35-34-26-42-38(52(62)58(12)19-15-56(42,10)16-20-58)28-44(34)60(49(35)39)48(45)30(2)46-40-24-32(54(6,7)8)22-36-33-25-41-37(27-43(33)59(47(29)46)50(36)40)51(61)57(11)17-13-55(41,9)14-18-57/h21-28H,13-20H2,1-12H3. The number of hydrogen-bond donors (Lipinski definition) is 0. The van der Waals surface area contributed by atoms with Crippen LogP contribution in [-0.4, -0.2) is 20.4 Å². The molecule has 4 heteroatoms. The highest BCUT2D eigenvalue weighted by Crippen LogP contribution is 2.57. The van der Waals surface area contributed by atoms with Crippen molar-refractivity contribution in [2.75, 3.05) is 0 Å². The molecule has 15 rings (SSSR count). The topological polar surface area (TPSA) is 43.0 Å². The Morgan fingerprint density at radius 1 is 0.419 bits per heavy atom. The molecule has 5 aromatic carbocycles. The summed E-state index contributed by atoms with van der Waals surface area (Å²) in [5.74, 6) is 0.675. The summed E-state index contributed by atoms with van der Waals surface area (Å²) in [7, 11) is 0. The Kier molecular flexibility index (Phi) is 6.58. The smallest absolute Gasteiger partial charge is 0.169 e. The fourth-order valence-electron chi connectivity index (χ4n) is 14.0. The van der Waals surface area contributed by atoms with Gasteiger partial charge in [0.15, 0.2) is 11.6 Å². The summed E-state index contributed by atoms with van der Waals surface area (Å²) < 4.78 is 5.14. The van der Waals surface area contributed by atoms with Crippen molar-refractivity contribution >= 4 is 87.8 Å². The number of rotatable bonds is 0. The van der Waals surface area contributed by atoms with Crippen molar-refractivity contribution in [3.8, 4) is 0 Å². The van der Waals surface area contributed by atoms with Gasteiger partial charge in [0, 0.05) is 65.0 Å². The van der Waals surface area contributed by atoms with Crippen LogP contribution >= 0.6 is 0 Å². The van der Waals surface area contributed by atoms with Crippen LogP contribution in [-0.2, 0) is 21.7 Å².